The average Bonchev–Trinajstić information content (AvgIpc) is 3.10. The zero-order chi connectivity index (χ0) is 17.2. The smallest absolute Gasteiger partial charge is 0.255 e. The number of hydrogen-bond donors (Lipinski definition) is 0. The summed E-state index contributed by atoms with van der Waals surface area (Å²) in [7, 11) is 0. The molecule has 2 aliphatic heterocycles. The van der Waals surface area contributed by atoms with Crippen LogP contribution in [0.4, 0.5) is 0 Å². The molecule has 2 amide bonds. The summed E-state index contributed by atoms with van der Waals surface area (Å²) in [4.78, 5) is 36.8. The molecule has 0 aromatic carbocycles. The van der Waals surface area contributed by atoms with Gasteiger partial charge in [-0.15, -0.1) is 0 Å². The number of likely N-dealkylation sites (tertiary alicyclic amines) is 1. The maximum absolute atomic E-state index is 12.7. The first-order chi connectivity index (χ1) is 12.2. The van der Waals surface area contributed by atoms with Gasteiger partial charge in [-0.2, -0.15) is 0 Å². The van der Waals surface area contributed by atoms with E-state index in [2.05, 4.69) is 9.97 Å². The largest absolute Gasteiger partial charge is 0.364 e. The van der Waals surface area contributed by atoms with Crippen molar-refractivity contribution in [1.82, 2.24) is 19.8 Å². The maximum atomic E-state index is 12.7. The minimum atomic E-state index is -0.165. The normalized spacial score (nSPS) is 22.8. The summed E-state index contributed by atoms with van der Waals surface area (Å²) in [6.45, 7) is 1.41. The molecule has 2 unspecified atom stereocenters. The predicted molar refractivity (Wildman–Crippen MR) is 88.5 cm³/mol. The van der Waals surface area contributed by atoms with Crippen LogP contribution < -0.4 is 0 Å². The van der Waals surface area contributed by atoms with Crippen molar-refractivity contribution in [2.45, 2.75) is 18.7 Å². The van der Waals surface area contributed by atoms with Crippen molar-refractivity contribution in [2.24, 2.45) is 0 Å². The van der Waals surface area contributed by atoms with Gasteiger partial charge in [0.25, 0.3) is 5.91 Å². The topological polar surface area (TPSA) is 75.6 Å². The van der Waals surface area contributed by atoms with Gasteiger partial charge in [0.15, 0.2) is 0 Å². The molecule has 7 heteroatoms. The Morgan fingerprint density at radius 2 is 2.12 bits per heavy atom. The first-order valence-electron chi connectivity index (χ1n) is 8.22. The van der Waals surface area contributed by atoms with Gasteiger partial charge in [0.1, 0.15) is 6.61 Å². The Balaban J connectivity index is 1.52. The summed E-state index contributed by atoms with van der Waals surface area (Å²) in [5.74, 6) is -0.154. The lowest BCUT2D eigenvalue weighted by atomic mass is 10.1. The van der Waals surface area contributed by atoms with E-state index in [4.69, 9.17) is 4.74 Å². The standard InChI is InChI=1S/C18H18N4O3/c23-17-12-25-16-11-21(18(24)13-4-3-6-19-8-13)10-15(16)22(17)9-14-5-1-2-7-20-14/h1-8,15-16H,9-12H2. The van der Waals surface area contributed by atoms with Gasteiger partial charge < -0.3 is 14.5 Å². The number of amides is 2. The number of pyridine rings is 2. The second-order valence-corrected chi connectivity index (χ2v) is 6.21. The van der Waals surface area contributed by atoms with Crippen LogP contribution >= 0.6 is 0 Å². The molecule has 0 radical (unpaired) electrons. The Morgan fingerprint density at radius 3 is 2.88 bits per heavy atom. The third kappa shape index (κ3) is 3.10. The molecule has 7 nitrogen and oxygen atoms in total. The number of fused-ring (bicyclic) bond motifs is 1. The van der Waals surface area contributed by atoms with E-state index in [1.54, 1.807) is 40.5 Å². The van der Waals surface area contributed by atoms with Gasteiger partial charge in [-0.25, -0.2) is 0 Å². The predicted octanol–water partition coefficient (Wildman–Crippen LogP) is 0.729. The zero-order valence-corrected chi connectivity index (χ0v) is 13.6. The summed E-state index contributed by atoms with van der Waals surface area (Å²) >= 11 is 0. The number of hydrogen-bond acceptors (Lipinski definition) is 5. The van der Waals surface area contributed by atoms with E-state index in [0.717, 1.165) is 5.69 Å². The van der Waals surface area contributed by atoms with Crippen molar-refractivity contribution in [3.05, 3.63) is 60.2 Å². The molecule has 0 saturated carbocycles. The molecule has 2 saturated heterocycles. The van der Waals surface area contributed by atoms with Crippen molar-refractivity contribution in [3.63, 3.8) is 0 Å². The van der Waals surface area contributed by atoms with Gasteiger partial charge in [-0.05, 0) is 24.3 Å². The molecule has 2 aromatic heterocycles. The lowest BCUT2D eigenvalue weighted by Crippen LogP contribution is -2.53. The minimum Gasteiger partial charge on any atom is -0.364 e. The van der Waals surface area contributed by atoms with Crippen molar-refractivity contribution in [1.29, 1.82) is 0 Å². The van der Waals surface area contributed by atoms with Crippen LogP contribution in [0.3, 0.4) is 0 Å². The summed E-state index contributed by atoms with van der Waals surface area (Å²) in [6.07, 6.45) is 4.74. The van der Waals surface area contributed by atoms with E-state index >= 15 is 0 Å². The fourth-order valence-electron chi connectivity index (χ4n) is 3.38. The Bertz CT molecular complexity index is 768. The van der Waals surface area contributed by atoms with Crippen LogP contribution in [0.1, 0.15) is 16.1 Å². The number of aromatic nitrogens is 2. The number of carbonyl (C=O) groups excluding carboxylic acids is 2. The van der Waals surface area contributed by atoms with Crippen LogP contribution in [-0.2, 0) is 16.1 Å². The molecule has 0 spiro atoms. The van der Waals surface area contributed by atoms with Gasteiger partial charge >= 0.3 is 0 Å². The van der Waals surface area contributed by atoms with E-state index in [1.807, 2.05) is 18.2 Å². The Labute approximate surface area is 145 Å². The first kappa shape index (κ1) is 15.7. The highest BCUT2D eigenvalue weighted by Crippen LogP contribution is 2.26. The Morgan fingerprint density at radius 1 is 1.20 bits per heavy atom. The van der Waals surface area contributed by atoms with Gasteiger partial charge in [-0.1, -0.05) is 6.07 Å². The lowest BCUT2D eigenvalue weighted by Gasteiger charge is -2.36. The molecule has 25 heavy (non-hydrogen) atoms. The second kappa shape index (κ2) is 6.60. The third-order valence-electron chi connectivity index (χ3n) is 4.63. The summed E-state index contributed by atoms with van der Waals surface area (Å²) in [6, 6.07) is 8.97. The molecular formula is C18H18N4O3. The Hall–Kier alpha value is -2.80. The van der Waals surface area contributed by atoms with E-state index in [-0.39, 0.29) is 30.6 Å². The van der Waals surface area contributed by atoms with Crippen LogP contribution in [0.25, 0.3) is 0 Å². The number of nitrogens with zero attached hydrogens (tertiary/aromatic N) is 4. The highest BCUT2D eigenvalue weighted by Gasteiger charge is 2.44. The fraction of sp³-hybridized carbons (Fsp3) is 0.333. The number of ether oxygens (including phenoxy) is 1. The highest BCUT2D eigenvalue weighted by molar-refractivity contribution is 5.94. The quantitative estimate of drug-likeness (QED) is 0.825. The van der Waals surface area contributed by atoms with Crippen LogP contribution in [0, 0.1) is 0 Å². The van der Waals surface area contributed by atoms with Crippen LogP contribution in [-0.4, -0.2) is 63.4 Å². The zero-order valence-electron chi connectivity index (χ0n) is 13.6. The van der Waals surface area contributed by atoms with Crippen molar-refractivity contribution >= 4 is 11.8 Å². The summed E-state index contributed by atoms with van der Waals surface area (Å²) in [5, 5.41) is 0. The average molecular weight is 338 g/mol. The van der Waals surface area contributed by atoms with Gasteiger partial charge in [0.05, 0.1) is 29.9 Å². The molecule has 4 heterocycles. The molecule has 2 aromatic rings. The molecule has 128 valence electrons. The van der Waals surface area contributed by atoms with E-state index < -0.39 is 0 Å². The van der Waals surface area contributed by atoms with Crippen LogP contribution in [0.2, 0.25) is 0 Å². The molecule has 2 aliphatic rings. The third-order valence-corrected chi connectivity index (χ3v) is 4.63. The molecule has 2 atom stereocenters. The van der Waals surface area contributed by atoms with E-state index in [9.17, 15) is 9.59 Å². The first-order valence-corrected chi connectivity index (χ1v) is 8.22. The second-order valence-electron chi connectivity index (χ2n) is 6.21. The number of morpholine rings is 1. The van der Waals surface area contributed by atoms with Crippen LogP contribution in [0.5, 0.6) is 0 Å². The summed E-state index contributed by atoms with van der Waals surface area (Å²) < 4.78 is 5.68. The molecule has 0 N–H and O–H groups in total. The van der Waals surface area contributed by atoms with Gasteiger partial charge in [0, 0.05) is 31.7 Å². The van der Waals surface area contributed by atoms with Crippen LogP contribution in [0.15, 0.2) is 48.9 Å². The van der Waals surface area contributed by atoms with Crippen molar-refractivity contribution in [2.75, 3.05) is 19.7 Å². The molecule has 2 fully saturated rings. The molecule has 0 aliphatic carbocycles. The molecule has 0 bridgehead atoms. The monoisotopic (exact) mass is 338 g/mol. The van der Waals surface area contributed by atoms with Gasteiger partial charge in [0.2, 0.25) is 5.91 Å². The van der Waals surface area contributed by atoms with Crippen molar-refractivity contribution < 1.29 is 14.3 Å². The Kier molecular flexibility index (Phi) is 4.15. The van der Waals surface area contributed by atoms with E-state index in [0.29, 0.717) is 25.2 Å². The summed E-state index contributed by atoms with van der Waals surface area (Å²) in [5.41, 5.74) is 1.37. The highest BCUT2D eigenvalue weighted by atomic mass is 16.5. The van der Waals surface area contributed by atoms with Gasteiger partial charge in [-0.3, -0.25) is 19.6 Å². The lowest BCUT2D eigenvalue weighted by molar-refractivity contribution is -0.154. The molecular weight excluding hydrogens is 320 g/mol. The number of carbonyl (C=O) groups is 2. The number of rotatable bonds is 3. The SMILES string of the molecule is O=C(c1cccnc1)N1CC2OCC(=O)N(Cc3ccccn3)C2C1. The minimum absolute atomic E-state index is 0.0446. The maximum Gasteiger partial charge on any atom is 0.255 e. The van der Waals surface area contributed by atoms with Crippen molar-refractivity contribution in [3.8, 4) is 0 Å². The van der Waals surface area contributed by atoms with E-state index in [1.165, 1.54) is 0 Å². The molecule has 4 rings (SSSR count). The fourth-order valence-corrected chi connectivity index (χ4v) is 3.38.